The van der Waals surface area contributed by atoms with Gasteiger partial charge in [0.2, 0.25) is 5.06 Å². The maximum absolute atomic E-state index is 12.9. The Labute approximate surface area is 190 Å². The van der Waals surface area contributed by atoms with Crippen molar-refractivity contribution in [1.82, 2.24) is 4.72 Å². The molecule has 0 atom stereocenters. The lowest BCUT2D eigenvalue weighted by molar-refractivity contribution is 0.497. The van der Waals surface area contributed by atoms with Crippen LogP contribution in [-0.2, 0) is 16.6 Å². The van der Waals surface area contributed by atoms with E-state index >= 15 is 0 Å². The number of sulfonamides is 1. The minimum absolute atomic E-state index is 0.108. The zero-order chi connectivity index (χ0) is 22.0. The first-order valence-electron chi connectivity index (χ1n) is 9.54. The molecular formula is C23H21ClN2O3S2. The van der Waals surface area contributed by atoms with E-state index < -0.39 is 10.0 Å². The molecule has 4 rings (SSSR count). The summed E-state index contributed by atoms with van der Waals surface area (Å²) in [6.45, 7) is 0.181. The van der Waals surface area contributed by atoms with Crippen LogP contribution in [0.2, 0.25) is 5.02 Å². The van der Waals surface area contributed by atoms with Gasteiger partial charge in [0.25, 0.3) is 10.0 Å². The molecule has 5 nitrogen and oxygen atoms in total. The molecule has 0 amide bonds. The molecular weight excluding hydrogens is 452 g/mol. The first-order valence-corrected chi connectivity index (χ1v) is 12.2. The molecule has 0 bridgehead atoms. The number of fused-ring (bicyclic) bond motifs is 1. The van der Waals surface area contributed by atoms with Crippen LogP contribution in [0.1, 0.15) is 5.56 Å². The summed E-state index contributed by atoms with van der Waals surface area (Å²) in [5, 5.41) is 2.67. The summed E-state index contributed by atoms with van der Waals surface area (Å²) in [5.74, 6) is 0.586. The van der Waals surface area contributed by atoms with Gasteiger partial charge in [-0.3, -0.25) is 0 Å². The molecule has 0 saturated heterocycles. The highest BCUT2D eigenvalue weighted by Gasteiger charge is 2.21. The average Bonchev–Trinajstić information content (AvgIpc) is 3.13. The number of anilines is 1. The van der Waals surface area contributed by atoms with E-state index in [0.29, 0.717) is 10.8 Å². The van der Waals surface area contributed by atoms with Gasteiger partial charge < -0.3 is 9.64 Å². The van der Waals surface area contributed by atoms with E-state index in [2.05, 4.69) is 4.72 Å². The molecule has 1 aromatic heterocycles. The zero-order valence-electron chi connectivity index (χ0n) is 17.0. The summed E-state index contributed by atoms with van der Waals surface area (Å²) < 4.78 is 34.4. The first kappa shape index (κ1) is 21.6. The largest absolute Gasteiger partial charge is 0.445 e. The van der Waals surface area contributed by atoms with Gasteiger partial charge in [-0.15, -0.1) is 0 Å². The second kappa shape index (κ2) is 8.88. The van der Waals surface area contributed by atoms with Gasteiger partial charge in [-0.2, -0.15) is 0 Å². The van der Waals surface area contributed by atoms with Gasteiger partial charge in [-0.05, 0) is 34.5 Å². The Balaban J connectivity index is 1.53. The normalized spacial score (nSPS) is 11.6. The maximum atomic E-state index is 12.9. The number of rotatable bonds is 7. The molecule has 0 spiro atoms. The Morgan fingerprint density at radius 2 is 1.74 bits per heavy atom. The van der Waals surface area contributed by atoms with Gasteiger partial charge in [0.15, 0.2) is 0 Å². The lowest BCUT2D eigenvalue weighted by Crippen LogP contribution is -2.22. The Kier molecular flexibility index (Phi) is 6.20. The summed E-state index contributed by atoms with van der Waals surface area (Å²) in [6.07, 6.45) is 0. The van der Waals surface area contributed by atoms with Gasteiger partial charge in [0, 0.05) is 32.4 Å². The van der Waals surface area contributed by atoms with Crippen molar-refractivity contribution in [3.8, 4) is 10.8 Å². The predicted octanol–water partition coefficient (Wildman–Crippen LogP) is 5.89. The molecule has 3 aromatic carbocycles. The summed E-state index contributed by atoms with van der Waals surface area (Å²) >= 11 is 7.28. The van der Waals surface area contributed by atoms with Gasteiger partial charge >= 0.3 is 0 Å². The molecule has 1 heterocycles. The van der Waals surface area contributed by atoms with E-state index in [0.717, 1.165) is 33.4 Å². The Morgan fingerprint density at radius 1 is 1.00 bits per heavy atom. The van der Waals surface area contributed by atoms with Crippen molar-refractivity contribution in [3.63, 3.8) is 0 Å². The van der Waals surface area contributed by atoms with Crippen LogP contribution in [-0.4, -0.2) is 22.5 Å². The zero-order valence-corrected chi connectivity index (χ0v) is 19.4. The SMILES string of the molecule is CN(C)c1cccc(Oc2sc(S(=O)(=O)NCc3cccc4ccccc34)cc2Cl)c1. The van der Waals surface area contributed by atoms with E-state index in [1.54, 1.807) is 6.07 Å². The standard InChI is InChI=1S/C23H21ClN2O3S2/c1-26(2)18-10-6-11-19(13-18)29-23-21(24)14-22(30-23)31(27,28)25-15-17-9-5-8-16-7-3-4-12-20(16)17/h3-14,25H,15H2,1-2H3. The molecule has 1 N–H and O–H groups in total. The fourth-order valence-electron chi connectivity index (χ4n) is 3.16. The van der Waals surface area contributed by atoms with Crippen molar-refractivity contribution in [2.45, 2.75) is 10.8 Å². The molecule has 160 valence electrons. The van der Waals surface area contributed by atoms with Crippen molar-refractivity contribution in [2.24, 2.45) is 0 Å². The van der Waals surface area contributed by atoms with Gasteiger partial charge in [-0.1, -0.05) is 71.5 Å². The highest BCUT2D eigenvalue weighted by atomic mass is 35.5. The summed E-state index contributed by atoms with van der Waals surface area (Å²) in [6, 6.07) is 22.6. The highest BCUT2D eigenvalue weighted by molar-refractivity contribution is 7.91. The van der Waals surface area contributed by atoms with Crippen LogP contribution in [0, 0.1) is 0 Å². The molecule has 0 aliphatic carbocycles. The predicted molar refractivity (Wildman–Crippen MR) is 128 cm³/mol. The van der Waals surface area contributed by atoms with E-state index in [1.165, 1.54) is 6.07 Å². The summed E-state index contributed by atoms with van der Waals surface area (Å²) in [4.78, 5) is 1.95. The van der Waals surface area contributed by atoms with Gasteiger partial charge in [0.1, 0.15) is 9.96 Å². The molecule has 0 fully saturated rings. The van der Waals surface area contributed by atoms with Crippen LogP contribution < -0.4 is 14.4 Å². The van der Waals surface area contributed by atoms with Crippen molar-refractivity contribution in [3.05, 3.63) is 83.4 Å². The van der Waals surface area contributed by atoms with Crippen LogP contribution >= 0.6 is 22.9 Å². The molecule has 31 heavy (non-hydrogen) atoms. The number of hydrogen-bond acceptors (Lipinski definition) is 5. The second-order valence-electron chi connectivity index (χ2n) is 7.16. The first-order chi connectivity index (χ1) is 14.8. The van der Waals surface area contributed by atoms with Crippen molar-refractivity contribution in [1.29, 1.82) is 0 Å². The third kappa shape index (κ3) is 4.85. The number of benzene rings is 3. The minimum atomic E-state index is -3.75. The summed E-state index contributed by atoms with van der Waals surface area (Å²) in [5.41, 5.74) is 1.87. The third-order valence-electron chi connectivity index (χ3n) is 4.77. The molecule has 0 aliphatic rings. The van der Waals surface area contributed by atoms with Crippen molar-refractivity contribution in [2.75, 3.05) is 19.0 Å². The maximum Gasteiger partial charge on any atom is 0.250 e. The number of nitrogens with zero attached hydrogens (tertiary/aromatic N) is 1. The van der Waals surface area contributed by atoms with Crippen LogP contribution in [0.5, 0.6) is 10.8 Å². The highest BCUT2D eigenvalue weighted by Crippen LogP contribution is 2.40. The number of ether oxygens (including phenoxy) is 1. The van der Waals surface area contributed by atoms with E-state index in [-0.39, 0.29) is 15.8 Å². The number of thiophene rings is 1. The molecule has 0 aliphatic heterocycles. The summed E-state index contributed by atoms with van der Waals surface area (Å²) in [7, 11) is 0.121. The molecule has 4 aromatic rings. The van der Waals surface area contributed by atoms with Crippen LogP contribution in [0.4, 0.5) is 5.69 Å². The van der Waals surface area contributed by atoms with E-state index in [4.69, 9.17) is 16.3 Å². The third-order valence-corrected chi connectivity index (χ3v) is 8.06. The van der Waals surface area contributed by atoms with Gasteiger partial charge in [0.05, 0.1) is 5.02 Å². The smallest absolute Gasteiger partial charge is 0.250 e. The Hall–Kier alpha value is -2.58. The second-order valence-corrected chi connectivity index (χ2v) is 10.6. The van der Waals surface area contributed by atoms with Crippen LogP contribution in [0.15, 0.2) is 77.0 Å². The van der Waals surface area contributed by atoms with Crippen LogP contribution in [0.25, 0.3) is 10.8 Å². The van der Waals surface area contributed by atoms with Gasteiger partial charge in [-0.25, -0.2) is 13.1 Å². The van der Waals surface area contributed by atoms with Crippen LogP contribution in [0.3, 0.4) is 0 Å². The van der Waals surface area contributed by atoms with Crippen molar-refractivity contribution >= 4 is 49.4 Å². The molecule has 0 radical (unpaired) electrons. The Bertz CT molecular complexity index is 1330. The van der Waals surface area contributed by atoms with E-state index in [9.17, 15) is 8.42 Å². The molecule has 8 heteroatoms. The number of hydrogen-bond donors (Lipinski definition) is 1. The minimum Gasteiger partial charge on any atom is -0.445 e. The lowest BCUT2D eigenvalue weighted by atomic mass is 10.1. The van der Waals surface area contributed by atoms with Crippen molar-refractivity contribution < 1.29 is 13.2 Å². The fraction of sp³-hybridized carbons (Fsp3) is 0.130. The Morgan fingerprint density at radius 3 is 2.55 bits per heavy atom. The monoisotopic (exact) mass is 472 g/mol. The quantitative estimate of drug-likeness (QED) is 0.364. The topological polar surface area (TPSA) is 58.6 Å². The number of nitrogens with one attached hydrogen (secondary N) is 1. The fourth-order valence-corrected chi connectivity index (χ4v) is 5.81. The van der Waals surface area contributed by atoms with E-state index in [1.807, 2.05) is 79.7 Å². The molecule has 0 saturated carbocycles. The lowest BCUT2D eigenvalue weighted by Gasteiger charge is -2.13. The number of halogens is 1. The molecule has 0 unspecified atom stereocenters. The average molecular weight is 473 g/mol.